The van der Waals surface area contributed by atoms with Crippen molar-refractivity contribution in [3.8, 4) is 0 Å². The summed E-state index contributed by atoms with van der Waals surface area (Å²) in [7, 11) is 0. The van der Waals surface area contributed by atoms with Gasteiger partial charge in [0.1, 0.15) is 0 Å². The van der Waals surface area contributed by atoms with Gasteiger partial charge in [-0.05, 0) is 55.5 Å². The Morgan fingerprint density at radius 3 is 2.16 bits per heavy atom. The molecule has 0 aliphatic carbocycles. The van der Waals surface area contributed by atoms with E-state index in [1.165, 1.54) is 51.6 Å². The van der Waals surface area contributed by atoms with Crippen LogP contribution in [0.4, 0.5) is 0 Å². The molecule has 19 heavy (non-hydrogen) atoms. The van der Waals surface area contributed by atoms with Crippen LogP contribution >= 0.6 is 0 Å². The van der Waals surface area contributed by atoms with Crippen molar-refractivity contribution in [2.24, 2.45) is 29.6 Å². The molecule has 4 atom stereocenters. The van der Waals surface area contributed by atoms with Crippen LogP contribution in [0.25, 0.3) is 0 Å². The zero-order valence-electron chi connectivity index (χ0n) is 14.0. The summed E-state index contributed by atoms with van der Waals surface area (Å²) in [5.74, 6) is 4.65. The summed E-state index contributed by atoms with van der Waals surface area (Å²) in [6, 6.07) is 0. The van der Waals surface area contributed by atoms with Crippen molar-refractivity contribution in [3.63, 3.8) is 0 Å². The predicted molar refractivity (Wildman–Crippen MR) is 86.4 cm³/mol. The molecule has 114 valence electrons. The second-order valence-electron chi connectivity index (χ2n) is 7.27. The van der Waals surface area contributed by atoms with Gasteiger partial charge in [0.2, 0.25) is 0 Å². The summed E-state index contributed by atoms with van der Waals surface area (Å²) >= 11 is 0. The van der Waals surface area contributed by atoms with E-state index in [9.17, 15) is 0 Å². The normalized spacial score (nSPS) is 22.6. The van der Waals surface area contributed by atoms with E-state index in [-0.39, 0.29) is 0 Å². The van der Waals surface area contributed by atoms with Crippen LogP contribution in [0.3, 0.4) is 0 Å². The van der Waals surface area contributed by atoms with Crippen molar-refractivity contribution in [2.45, 2.75) is 73.1 Å². The summed E-state index contributed by atoms with van der Waals surface area (Å²) < 4.78 is 0. The Bertz CT molecular complexity index is 222. The van der Waals surface area contributed by atoms with Gasteiger partial charge in [-0.3, -0.25) is 0 Å². The summed E-state index contributed by atoms with van der Waals surface area (Å²) in [6.45, 7) is 14.6. The number of hydrogen-bond acceptors (Lipinski definition) is 1. The van der Waals surface area contributed by atoms with Crippen LogP contribution in [-0.4, -0.2) is 13.1 Å². The van der Waals surface area contributed by atoms with E-state index in [1.807, 2.05) is 0 Å². The zero-order valence-corrected chi connectivity index (χ0v) is 14.0. The quantitative estimate of drug-likeness (QED) is 0.580. The summed E-state index contributed by atoms with van der Waals surface area (Å²) in [4.78, 5) is 0. The Balaban J connectivity index is 2.28. The molecular weight excluding hydrogens is 230 g/mol. The van der Waals surface area contributed by atoms with Crippen molar-refractivity contribution < 1.29 is 0 Å². The molecule has 1 rings (SSSR count). The Morgan fingerprint density at radius 1 is 1.00 bits per heavy atom. The first kappa shape index (κ1) is 17.0. The van der Waals surface area contributed by atoms with Crippen molar-refractivity contribution in [1.29, 1.82) is 0 Å². The van der Waals surface area contributed by atoms with Gasteiger partial charge in [0.25, 0.3) is 0 Å². The van der Waals surface area contributed by atoms with E-state index < -0.39 is 0 Å². The third kappa shape index (κ3) is 5.85. The molecule has 4 unspecified atom stereocenters. The van der Waals surface area contributed by atoms with Crippen LogP contribution in [0, 0.1) is 29.6 Å². The SMILES string of the molecule is CCCCC(C)CC(C)CC(CC)C(C)C1CNC1. The Hall–Kier alpha value is -0.0400. The van der Waals surface area contributed by atoms with Crippen LogP contribution in [0.15, 0.2) is 0 Å². The molecule has 1 aliphatic heterocycles. The minimum atomic E-state index is 0.910. The van der Waals surface area contributed by atoms with Gasteiger partial charge in [-0.25, -0.2) is 0 Å². The van der Waals surface area contributed by atoms with E-state index in [2.05, 4.69) is 39.9 Å². The molecule has 0 bridgehead atoms. The van der Waals surface area contributed by atoms with E-state index in [1.54, 1.807) is 0 Å². The Morgan fingerprint density at radius 2 is 1.68 bits per heavy atom. The topological polar surface area (TPSA) is 12.0 Å². The maximum absolute atomic E-state index is 3.43. The summed E-state index contributed by atoms with van der Waals surface area (Å²) in [5, 5.41) is 3.43. The molecule has 0 amide bonds. The lowest BCUT2D eigenvalue weighted by atomic mass is 9.74. The first-order valence-electron chi connectivity index (χ1n) is 8.79. The number of hydrogen-bond donors (Lipinski definition) is 1. The van der Waals surface area contributed by atoms with Gasteiger partial charge in [-0.1, -0.05) is 60.3 Å². The van der Waals surface area contributed by atoms with Gasteiger partial charge >= 0.3 is 0 Å². The maximum Gasteiger partial charge on any atom is -0.000559 e. The van der Waals surface area contributed by atoms with Crippen molar-refractivity contribution in [3.05, 3.63) is 0 Å². The van der Waals surface area contributed by atoms with E-state index in [0.29, 0.717) is 0 Å². The highest BCUT2D eigenvalue weighted by atomic mass is 14.9. The minimum absolute atomic E-state index is 0.910. The van der Waals surface area contributed by atoms with Crippen LogP contribution in [0.1, 0.15) is 73.1 Å². The Labute approximate surface area is 121 Å². The van der Waals surface area contributed by atoms with Crippen molar-refractivity contribution in [1.82, 2.24) is 5.32 Å². The van der Waals surface area contributed by atoms with Crippen LogP contribution in [0.2, 0.25) is 0 Å². The molecule has 1 N–H and O–H groups in total. The average molecular weight is 268 g/mol. The molecule has 0 radical (unpaired) electrons. The average Bonchev–Trinajstić information content (AvgIpc) is 2.31. The highest BCUT2D eigenvalue weighted by Crippen LogP contribution is 2.33. The summed E-state index contributed by atoms with van der Waals surface area (Å²) in [5.41, 5.74) is 0. The second kappa shape index (κ2) is 9.00. The lowest BCUT2D eigenvalue weighted by molar-refractivity contribution is 0.152. The number of nitrogens with one attached hydrogen (secondary N) is 1. The first-order valence-corrected chi connectivity index (χ1v) is 8.79. The van der Waals surface area contributed by atoms with Gasteiger partial charge in [-0.2, -0.15) is 0 Å². The fraction of sp³-hybridized carbons (Fsp3) is 1.00. The monoisotopic (exact) mass is 267 g/mol. The van der Waals surface area contributed by atoms with Gasteiger partial charge in [0, 0.05) is 0 Å². The van der Waals surface area contributed by atoms with Gasteiger partial charge in [-0.15, -0.1) is 0 Å². The molecule has 0 aromatic heterocycles. The summed E-state index contributed by atoms with van der Waals surface area (Å²) in [6.07, 6.45) is 8.44. The molecular formula is C18H37N. The molecule has 1 heteroatoms. The highest BCUT2D eigenvalue weighted by Gasteiger charge is 2.29. The first-order chi connectivity index (χ1) is 9.08. The fourth-order valence-corrected chi connectivity index (χ4v) is 3.79. The van der Waals surface area contributed by atoms with Gasteiger partial charge in [0.15, 0.2) is 0 Å². The highest BCUT2D eigenvalue weighted by molar-refractivity contribution is 4.83. The largest absolute Gasteiger partial charge is 0.316 e. The third-order valence-corrected chi connectivity index (χ3v) is 5.38. The molecule has 0 spiro atoms. The number of rotatable bonds is 10. The molecule has 0 aromatic carbocycles. The standard InChI is InChI=1S/C18H37N/c1-6-8-9-14(3)10-15(4)11-17(7-2)16(5)18-12-19-13-18/h14-19H,6-13H2,1-5H3. The Kier molecular flexibility index (Phi) is 8.06. The van der Waals surface area contributed by atoms with E-state index in [4.69, 9.17) is 0 Å². The van der Waals surface area contributed by atoms with Crippen molar-refractivity contribution >= 4 is 0 Å². The maximum atomic E-state index is 3.43. The lowest BCUT2D eigenvalue weighted by Gasteiger charge is -2.38. The molecule has 1 saturated heterocycles. The smallest absolute Gasteiger partial charge is 0.000559 e. The van der Waals surface area contributed by atoms with Crippen LogP contribution in [0.5, 0.6) is 0 Å². The predicted octanol–water partition coefficient (Wildman–Crippen LogP) is 5.11. The van der Waals surface area contributed by atoms with Crippen LogP contribution in [-0.2, 0) is 0 Å². The third-order valence-electron chi connectivity index (χ3n) is 5.38. The molecule has 0 saturated carbocycles. The molecule has 1 heterocycles. The zero-order chi connectivity index (χ0) is 14.3. The van der Waals surface area contributed by atoms with E-state index >= 15 is 0 Å². The van der Waals surface area contributed by atoms with Crippen molar-refractivity contribution in [2.75, 3.05) is 13.1 Å². The molecule has 1 fully saturated rings. The molecule has 1 nitrogen and oxygen atoms in total. The number of unbranched alkanes of at least 4 members (excludes halogenated alkanes) is 1. The molecule has 0 aromatic rings. The second-order valence-corrected chi connectivity index (χ2v) is 7.27. The van der Waals surface area contributed by atoms with E-state index in [0.717, 1.165) is 29.6 Å². The minimum Gasteiger partial charge on any atom is -0.316 e. The molecule has 1 aliphatic rings. The van der Waals surface area contributed by atoms with Crippen LogP contribution < -0.4 is 5.32 Å². The van der Waals surface area contributed by atoms with Gasteiger partial charge < -0.3 is 5.32 Å². The van der Waals surface area contributed by atoms with Gasteiger partial charge in [0.05, 0.1) is 0 Å². The lowest BCUT2D eigenvalue weighted by Crippen LogP contribution is -2.47. The fourth-order valence-electron chi connectivity index (χ4n) is 3.79.